The van der Waals surface area contributed by atoms with Gasteiger partial charge < -0.3 is 14.7 Å². The van der Waals surface area contributed by atoms with E-state index in [1.165, 1.54) is 0 Å². The van der Waals surface area contributed by atoms with E-state index < -0.39 is 19.6 Å². The van der Waals surface area contributed by atoms with Crippen molar-refractivity contribution in [2.24, 2.45) is 0 Å². The van der Waals surface area contributed by atoms with E-state index in [2.05, 4.69) is 13.1 Å². The molecular weight excluding hydrogens is 250 g/mol. The number of ether oxygens (including phenoxy) is 1. The normalized spacial score (nSPS) is 22.9. The van der Waals surface area contributed by atoms with Crippen molar-refractivity contribution in [2.75, 3.05) is 6.17 Å². The van der Waals surface area contributed by atoms with Crippen LogP contribution in [0.1, 0.15) is 27.2 Å². The van der Waals surface area contributed by atoms with E-state index in [4.69, 9.17) is 9.84 Å². The average molecular weight is 273 g/mol. The molecule has 0 bridgehead atoms. The Bertz CT molecular complexity index is 348. The van der Waals surface area contributed by atoms with Crippen LogP contribution in [0.25, 0.3) is 0 Å². The van der Waals surface area contributed by atoms with Crippen LogP contribution in [0, 0.1) is 0 Å². The van der Waals surface area contributed by atoms with Crippen molar-refractivity contribution in [3.05, 3.63) is 0 Å². The first-order valence-corrected chi connectivity index (χ1v) is 9.63. The Labute approximate surface area is 109 Å². The van der Waals surface area contributed by atoms with Crippen molar-refractivity contribution in [1.82, 2.24) is 4.90 Å². The molecule has 5 nitrogen and oxygen atoms in total. The fourth-order valence-corrected chi connectivity index (χ4v) is 5.40. The molecule has 18 heavy (non-hydrogen) atoms. The molecule has 1 saturated heterocycles. The molecule has 1 atom stereocenters. The Balaban J connectivity index is 2.77. The second-order valence-corrected chi connectivity index (χ2v) is 11.8. The fraction of sp³-hybridized carbons (Fsp3) is 0.833. The van der Waals surface area contributed by atoms with E-state index in [0.717, 1.165) is 6.04 Å². The second-order valence-electron chi connectivity index (χ2n) is 6.73. The van der Waals surface area contributed by atoms with E-state index >= 15 is 0 Å². The minimum atomic E-state index is -1.51. The SMILES string of the molecule is CC(C)(C)OC(=O)N1C[Si](C)(C)CC1CC(=O)O. The van der Waals surface area contributed by atoms with Crippen LogP contribution in [0.2, 0.25) is 19.1 Å². The molecule has 0 aromatic carbocycles. The maximum absolute atomic E-state index is 12.1. The highest BCUT2D eigenvalue weighted by Crippen LogP contribution is 2.30. The molecular formula is C12H23NO4Si. The number of nitrogens with zero attached hydrogens (tertiary/aromatic N) is 1. The predicted octanol–water partition coefficient (Wildman–Crippen LogP) is 2.33. The van der Waals surface area contributed by atoms with Gasteiger partial charge in [-0.2, -0.15) is 0 Å². The third-order valence-corrected chi connectivity index (χ3v) is 5.64. The summed E-state index contributed by atoms with van der Waals surface area (Å²) in [6, 6.07) is 0.623. The van der Waals surface area contributed by atoms with E-state index in [9.17, 15) is 9.59 Å². The minimum Gasteiger partial charge on any atom is -0.481 e. The zero-order valence-corrected chi connectivity index (χ0v) is 12.8. The third-order valence-electron chi connectivity index (χ3n) is 2.87. The minimum absolute atomic E-state index is 0.00960. The summed E-state index contributed by atoms with van der Waals surface area (Å²) in [5, 5.41) is 8.91. The van der Waals surface area contributed by atoms with Crippen molar-refractivity contribution in [3.63, 3.8) is 0 Å². The number of carboxylic acid groups (broad SMARTS) is 1. The van der Waals surface area contributed by atoms with Crippen LogP contribution in [0.15, 0.2) is 0 Å². The van der Waals surface area contributed by atoms with Gasteiger partial charge in [-0.15, -0.1) is 0 Å². The highest BCUT2D eigenvalue weighted by atomic mass is 28.3. The molecule has 1 amide bonds. The fourth-order valence-electron chi connectivity index (χ4n) is 2.32. The van der Waals surface area contributed by atoms with Gasteiger partial charge in [0.05, 0.1) is 14.5 Å². The summed E-state index contributed by atoms with van der Waals surface area (Å²) in [6.45, 7) is 9.79. The van der Waals surface area contributed by atoms with E-state index in [1.54, 1.807) is 4.90 Å². The lowest BCUT2D eigenvalue weighted by atomic mass is 10.2. The number of aliphatic carboxylic acids is 1. The molecule has 1 fully saturated rings. The molecule has 1 rings (SSSR count). The van der Waals surface area contributed by atoms with Crippen molar-refractivity contribution in [2.45, 2.75) is 58.0 Å². The van der Waals surface area contributed by atoms with Crippen molar-refractivity contribution in [1.29, 1.82) is 0 Å². The molecule has 1 N–H and O–H groups in total. The Morgan fingerprint density at radius 3 is 2.39 bits per heavy atom. The molecule has 1 aliphatic heterocycles. The Morgan fingerprint density at radius 2 is 1.94 bits per heavy atom. The van der Waals surface area contributed by atoms with Crippen molar-refractivity contribution in [3.8, 4) is 0 Å². The largest absolute Gasteiger partial charge is 0.481 e. The Morgan fingerprint density at radius 1 is 1.39 bits per heavy atom. The zero-order valence-electron chi connectivity index (χ0n) is 11.8. The van der Waals surface area contributed by atoms with Crippen LogP contribution in [-0.4, -0.2) is 48.0 Å². The highest BCUT2D eigenvalue weighted by Gasteiger charge is 2.43. The highest BCUT2D eigenvalue weighted by molar-refractivity contribution is 6.78. The molecule has 0 spiro atoms. The van der Waals surface area contributed by atoms with E-state index in [-0.39, 0.29) is 18.6 Å². The molecule has 0 aromatic heterocycles. The molecule has 1 heterocycles. The lowest BCUT2D eigenvalue weighted by Gasteiger charge is -2.28. The maximum Gasteiger partial charge on any atom is 0.410 e. The van der Waals surface area contributed by atoms with Crippen LogP contribution in [0.4, 0.5) is 4.79 Å². The van der Waals surface area contributed by atoms with Crippen LogP contribution >= 0.6 is 0 Å². The number of amides is 1. The van der Waals surface area contributed by atoms with Crippen molar-refractivity contribution >= 4 is 20.1 Å². The Hall–Kier alpha value is -1.04. The molecule has 0 saturated carbocycles. The number of rotatable bonds is 2. The topological polar surface area (TPSA) is 66.8 Å². The van der Waals surface area contributed by atoms with Crippen LogP contribution in [0.3, 0.4) is 0 Å². The summed E-state index contributed by atoms with van der Waals surface area (Å²) in [6.07, 6.45) is 0.307. The summed E-state index contributed by atoms with van der Waals surface area (Å²) < 4.78 is 5.34. The van der Waals surface area contributed by atoms with Gasteiger partial charge in [-0.1, -0.05) is 13.1 Å². The monoisotopic (exact) mass is 273 g/mol. The summed E-state index contributed by atoms with van der Waals surface area (Å²) in [5.41, 5.74) is -0.543. The maximum atomic E-state index is 12.1. The average Bonchev–Trinajstić information content (AvgIpc) is 2.36. The first-order chi connectivity index (χ1) is 8.00. The number of carbonyl (C=O) groups is 2. The van der Waals surface area contributed by atoms with Gasteiger partial charge in [-0.3, -0.25) is 4.79 Å². The number of carboxylic acids is 1. The molecule has 1 aliphatic rings. The summed E-state index contributed by atoms with van der Waals surface area (Å²) >= 11 is 0. The quantitative estimate of drug-likeness (QED) is 0.784. The van der Waals surface area contributed by atoms with Gasteiger partial charge >= 0.3 is 12.1 Å². The second kappa shape index (κ2) is 4.91. The van der Waals surface area contributed by atoms with E-state index in [1.807, 2.05) is 20.8 Å². The number of hydrogen-bond acceptors (Lipinski definition) is 3. The van der Waals surface area contributed by atoms with Crippen LogP contribution in [0.5, 0.6) is 0 Å². The summed E-state index contributed by atoms with van der Waals surface area (Å²) in [5.74, 6) is -0.861. The zero-order chi connectivity index (χ0) is 14.1. The third kappa shape index (κ3) is 4.32. The number of hydrogen-bond donors (Lipinski definition) is 1. The summed E-state index contributed by atoms with van der Waals surface area (Å²) in [7, 11) is -1.51. The summed E-state index contributed by atoms with van der Waals surface area (Å²) in [4.78, 5) is 24.5. The molecule has 0 aromatic rings. The molecule has 6 heteroatoms. The van der Waals surface area contributed by atoms with Gasteiger partial charge in [0.15, 0.2) is 0 Å². The molecule has 0 radical (unpaired) electrons. The molecule has 1 unspecified atom stereocenters. The van der Waals surface area contributed by atoms with Gasteiger partial charge in [0.25, 0.3) is 0 Å². The Kier molecular flexibility index (Phi) is 4.10. The van der Waals surface area contributed by atoms with Crippen LogP contribution in [-0.2, 0) is 9.53 Å². The van der Waals surface area contributed by atoms with Gasteiger partial charge in [-0.05, 0) is 26.8 Å². The van der Waals surface area contributed by atoms with Crippen molar-refractivity contribution < 1.29 is 19.4 Å². The lowest BCUT2D eigenvalue weighted by molar-refractivity contribution is -0.137. The number of carbonyl (C=O) groups excluding carboxylic acids is 1. The first kappa shape index (κ1) is 15.0. The lowest BCUT2D eigenvalue weighted by Crippen LogP contribution is -2.42. The van der Waals surface area contributed by atoms with Gasteiger partial charge in [-0.25, -0.2) is 4.79 Å². The molecule has 0 aliphatic carbocycles. The first-order valence-electron chi connectivity index (χ1n) is 6.22. The molecule has 104 valence electrons. The van der Waals surface area contributed by atoms with Crippen LogP contribution < -0.4 is 0 Å². The van der Waals surface area contributed by atoms with E-state index in [0.29, 0.717) is 6.17 Å². The predicted molar refractivity (Wildman–Crippen MR) is 71.3 cm³/mol. The van der Waals surface area contributed by atoms with Gasteiger partial charge in [0.2, 0.25) is 0 Å². The van der Waals surface area contributed by atoms with Gasteiger partial charge in [0.1, 0.15) is 5.60 Å². The standard InChI is InChI=1S/C12H23NO4Si/c1-12(2,3)17-11(16)13-8-18(4,5)7-9(13)6-10(14)15/h9H,6-8H2,1-5H3,(H,14,15). The smallest absolute Gasteiger partial charge is 0.410 e. The van der Waals surface area contributed by atoms with Gasteiger partial charge in [0, 0.05) is 12.2 Å².